The van der Waals surface area contributed by atoms with Crippen LogP contribution in [0, 0.1) is 16.1 Å². The van der Waals surface area contributed by atoms with Crippen LogP contribution in [0.2, 0.25) is 0 Å². The molecule has 0 saturated heterocycles. The number of nitrogens with zero attached hydrogens (tertiary/aromatic N) is 2. The van der Waals surface area contributed by atoms with Crippen molar-refractivity contribution < 1.29 is 22.9 Å². The number of aldehydes is 1. The minimum absolute atomic E-state index is 0.0730. The van der Waals surface area contributed by atoms with Gasteiger partial charge in [-0.15, -0.1) is 0 Å². The number of nitro groups is 1. The molecule has 0 amide bonds. The Morgan fingerprint density at radius 2 is 2.13 bits per heavy atom. The molecule has 0 aliphatic carbocycles. The molecule has 1 aromatic heterocycles. The molecule has 0 unspecified atom stereocenters. The molecule has 0 saturated carbocycles. The first-order chi connectivity index (χ1) is 6.97. The van der Waals surface area contributed by atoms with E-state index < -0.39 is 34.2 Å². The highest BCUT2D eigenvalue weighted by atomic mass is 19.3. The largest absolute Gasteiger partial charge is 0.298 e. The number of carbonyl (C=O) groups excluding carboxylic acids is 1. The van der Waals surface area contributed by atoms with Crippen molar-refractivity contribution in [1.82, 2.24) is 4.98 Å². The molecule has 15 heavy (non-hydrogen) atoms. The van der Waals surface area contributed by atoms with Crippen molar-refractivity contribution in [3.05, 3.63) is 33.4 Å². The van der Waals surface area contributed by atoms with Crippen molar-refractivity contribution in [3.8, 4) is 0 Å². The first-order valence-corrected chi connectivity index (χ1v) is 3.55. The molecule has 8 heteroatoms. The Kier molecular flexibility index (Phi) is 2.98. The number of hydrogen-bond donors (Lipinski definition) is 0. The van der Waals surface area contributed by atoms with Gasteiger partial charge in [-0.1, -0.05) is 0 Å². The Morgan fingerprint density at radius 1 is 1.53 bits per heavy atom. The molecule has 0 atom stereocenters. The summed E-state index contributed by atoms with van der Waals surface area (Å²) in [7, 11) is 0. The molecule has 80 valence electrons. The van der Waals surface area contributed by atoms with Crippen molar-refractivity contribution in [2.24, 2.45) is 0 Å². The number of hydrogen-bond acceptors (Lipinski definition) is 4. The average Bonchev–Trinajstić information content (AvgIpc) is 2.16. The summed E-state index contributed by atoms with van der Waals surface area (Å²) >= 11 is 0. The zero-order valence-electron chi connectivity index (χ0n) is 6.99. The lowest BCUT2D eigenvalue weighted by Crippen LogP contribution is -2.04. The zero-order chi connectivity index (χ0) is 11.6. The number of pyridine rings is 1. The molecule has 5 nitrogen and oxygen atoms in total. The van der Waals surface area contributed by atoms with E-state index in [0.717, 1.165) is 0 Å². The highest BCUT2D eigenvalue weighted by Gasteiger charge is 2.23. The minimum atomic E-state index is -3.23. The van der Waals surface area contributed by atoms with E-state index in [0.29, 0.717) is 6.07 Å². The Labute approximate surface area is 80.7 Å². The Balaban J connectivity index is 3.43. The highest BCUT2D eigenvalue weighted by Crippen LogP contribution is 2.26. The second-order valence-electron chi connectivity index (χ2n) is 2.45. The quantitative estimate of drug-likeness (QED) is 0.337. The van der Waals surface area contributed by atoms with Crippen LogP contribution in [-0.2, 0) is 0 Å². The van der Waals surface area contributed by atoms with Crippen LogP contribution in [0.4, 0.5) is 18.9 Å². The molecular formula is C7H3F3N2O3. The third kappa shape index (κ3) is 2.09. The van der Waals surface area contributed by atoms with Gasteiger partial charge in [-0.05, 0) is 0 Å². The van der Waals surface area contributed by atoms with E-state index in [1.165, 1.54) is 0 Å². The molecule has 1 heterocycles. The van der Waals surface area contributed by atoms with Crippen molar-refractivity contribution in [2.75, 3.05) is 0 Å². The fraction of sp³-hybridized carbons (Fsp3) is 0.143. The third-order valence-corrected chi connectivity index (χ3v) is 1.55. The molecule has 0 fully saturated rings. The molecule has 1 aromatic rings. The van der Waals surface area contributed by atoms with Gasteiger partial charge in [0.2, 0.25) is 5.95 Å². The standard InChI is InChI=1S/C7H3F3N2O3/c8-6(9)3-1-5(12(14)15)4(2-13)11-7(3)10/h1-2,6H. The Morgan fingerprint density at radius 3 is 2.53 bits per heavy atom. The molecule has 1 rings (SSSR count). The van der Waals surface area contributed by atoms with Gasteiger partial charge in [-0.3, -0.25) is 14.9 Å². The second-order valence-corrected chi connectivity index (χ2v) is 2.45. The third-order valence-electron chi connectivity index (χ3n) is 1.55. The lowest BCUT2D eigenvalue weighted by Gasteiger charge is -2.01. The van der Waals surface area contributed by atoms with Crippen LogP contribution in [-0.4, -0.2) is 16.2 Å². The van der Waals surface area contributed by atoms with E-state index in [2.05, 4.69) is 4.98 Å². The summed E-state index contributed by atoms with van der Waals surface area (Å²) in [6.45, 7) is 0. The molecule has 0 aromatic carbocycles. The molecule has 0 aliphatic rings. The average molecular weight is 220 g/mol. The van der Waals surface area contributed by atoms with Gasteiger partial charge in [0.15, 0.2) is 12.0 Å². The Hall–Kier alpha value is -1.99. The predicted octanol–water partition coefficient (Wildman–Crippen LogP) is 1.88. The van der Waals surface area contributed by atoms with Crippen molar-refractivity contribution >= 4 is 12.0 Å². The maximum atomic E-state index is 12.8. The summed E-state index contributed by atoms with van der Waals surface area (Å²) in [6.07, 6.45) is -3.30. The second kappa shape index (κ2) is 4.03. The molecule has 0 radical (unpaired) electrons. The summed E-state index contributed by atoms with van der Waals surface area (Å²) in [4.78, 5) is 22.2. The van der Waals surface area contributed by atoms with E-state index in [1.54, 1.807) is 0 Å². The van der Waals surface area contributed by atoms with Crippen LogP contribution in [0.5, 0.6) is 0 Å². The van der Waals surface area contributed by atoms with Crippen LogP contribution in [0.25, 0.3) is 0 Å². The van der Waals surface area contributed by atoms with E-state index in [9.17, 15) is 28.1 Å². The fourth-order valence-electron chi connectivity index (χ4n) is 0.894. The van der Waals surface area contributed by atoms with Crippen LogP contribution >= 0.6 is 0 Å². The molecule has 0 bridgehead atoms. The summed E-state index contributed by atoms with van der Waals surface area (Å²) in [5.41, 5.74) is -2.96. The van der Waals surface area contributed by atoms with Gasteiger partial charge in [-0.25, -0.2) is 13.8 Å². The van der Waals surface area contributed by atoms with Gasteiger partial charge in [-0.2, -0.15) is 4.39 Å². The molecule has 0 aliphatic heterocycles. The van der Waals surface area contributed by atoms with E-state index >= 15 is 0 Å². The van der Waals surface area contributed by atoms with Crippen LogP contribution in [0.3, 0.4) is 0 Å². The lowest BCUT2D eigenvalue weighted by molar-refractivity contribution is -0.385. The van der Waals surface area contributed by atoms with Gasteiger partial charge >= 0.3 is 0 Å². The zero-order valence-corrected chi connectivity index (χ0v) is 6.99. The number of halogens is 3. The van der Waals surface area contributed by atoms with Gasteiger partial charge in [0, 0.05) is 6.07 Å². The highest BCUT2D eigenvalue weighted by molar-refractivity contribution is 5.78. The summed E-state index contributed by atoms with van der Waals surface area (Å²) in [5.74, 6) is -1.59. The van der Waals surface area contributed by atoms with Crippen molar-refractivity contribution in [1.29, 1.82) is 0 Å². The first-order valence-electron chi connectivity index (χ1n) is 3.55. The van der Waals surface area contributed by atoms with E-state index in [4.69, 9.17) is 0 Å². The van der Waals surface area contributed by atoms with E-state index in [-0.39, 0.29) is 6.29 Å². The van der Waals surface area contributed by atoms with Crippen LogP contribution < -0.4 is 0 Å². The normalized spacial score (nSPS) is 10.4. The van der Waals surface area contributed by atoms with Crippen molar-refractivity contribution in [2.45, 2.75) is 6.43 Å². The summed E-state index contributed by atoms with van der Waals surface area (Å²) in [5, 5.41) is 10.3. The fourth-order valence-corrected chi connectivity index (χ4v) is 0.894. The maximum Gasteiger partial charge on any atom is 0.298 e. The molecule has 0 spiro atoms. The topological polar surface area (TPSA) is 73.1 Å². The molecule has 0 N–H and O–H groups in total. The Bertz CT molecular complexity index is 422. The number of alkyl halides is 2. The number of rotatable bonds is 3. The van der Waals surface area contributed by atoms with Crippen molar-refractivity contribution in [3.63, 3.8) is 0 Å². The van der Waals surface area contributed by atoms with Crippen LogP contribution in [0.15, 0.2) is 6.07 Å². The lowest BCUT2D eigenvalue weighted by atomic mass is 10.2. The smallest absolute Gasteiger partial charge is 0.296 e. The number of aromatic nitrogens is 1. The summed E-state index contributed by atoms with van der Waals surface area (Å²) < 4.78 is 37.0. The van der Waals surface area contributed by atoms with Gasteiger partial charge < -0.3 is 0 Å². The SMILES string of the molecule is O=Cc1nc(F)c(C(F)F)cc1[N+](=O)[O-]. The minimum Gasteiger partial charge on any atom is -0.296 e. The van der Waals surface area contributed by atoms with Crippen LogP contribution in [0.1, 0.15) is 22.5 Å². The monoisotopic (exact) mass is 220 g/mol. The maximum absolute atomic E-state index is 12.8. The molecular weight excluding hydrogens is 217 g/mol. The van der Waals surface area contributed by atoms with Gasteiger partial charge in [0.25, 0.3) is 12.1 Å². The van der Waals surface area contributed by atoms with Gasteiger partial charge in [0.05, 0.1) is 10.5 Å². The van der Waals surface area contributed by atoms with E-state index in [1.807, 2.05) is 0 Å². The van der Waals surface area contributed by atoms with Gasteiger partial charge in [0.1, 0.15) is 0 Å². The predicted molar refractivity (Wildman–Crippen MR) is 41.2 cm³/mol. The first kappa shape index (κ1) is 11.1. The number of carbonyl (C=O) groups is 1. The summed E-state index contributed by atoms with van der Waals surface area (Å²) in [6, 6.07) is 0.302.